The number of rotatable bonds is 3. The van der Waals surface area contributed by atoms with E-state index < -0.39 is 0 Å². The van der Waals surface area contributed by atoms with Gasteiger partial charge in [-0.2, -0.15) is 0 Å². The predicted molar refractivity (Wildman–Crippen MR) is 133 cm³/mol. The summed E-state index contributed by atoms with van der Waals surface area (Å²) in [5, 5.41) is 2.21. The standard InChI is InChI=1S/C30H20N2.2ClH.Ru/c1-4-11-21(12-5-1)26-25-19-18-24-17-10-20-31-29(24)30(25)32-28(23-15-8-3-9-16-23)27(26)22-13-6-2-7-14-22;;;/h1-20H;2*1H;/q;;;+2/p-2. The van der Waals surface area contributed by atoms with Crippen molar-refractivity contribution >= 4 is 21.8 Å². The van der Waals surface area contributed by atoms with E-state index in [0.717, 1.165) is 44.2 Å². The van der Waals surface area contributed by atoms with Crippen molar-refractivity contribution in [3.63, 3.8) is 0 Å². The molecule has 0 aliphatic carbocycles. The summed E-state index contributed by atoms with van der Waals surface area (Å²) in [6.45, 7) is 0. The summed E-state index contributed by atoms with van der Waals surface area (Å²) in [5.41, 5.74) is 8.59. The second kappa shape index (κ2) is 11.6. The van der Waals surface area contributed by atoms with Gasteiger partial charge < -0.3 is 24.8 Å². The topological polar surface area (TPSA) is 25.8 Å². The maximum Gasteiger partial charge on any atom is 2.00 e. The van der Waals surface area contributed by atoms with Crippen molar-refractivity contribution in [2.75, 3.05) is 0 Å². The van der Waals surface area contributed by atoms with Crippen LogP contribution >= 0.6 is 0 Å². The van der Waals surface area contributed by atoms with Gasteiger partial charge in [-0.3, -0.25) is 4.98 Å². The third kappa shape index (κ3) is 4.86. The second-order valence-electron chi connectivity index (χ2n) is 7.85. The molecule has 0 saturated carbocycles. The molecule has 0 N–H and O–H groups in total. The van der Waals surface area contributed by atoms with Crippen molar-refractivity contribution in [1.29, 1.82) is 0 Å². The monoisotopic (exact) mass is 580 g/mol. The molecule has 0 unspecified atom stereocenters. The largest absolute Gasteiger partial charge is 2.00 e. The third-order valence-electron chi connectivity index (χ3n) is 5.90. The number of nitrogens with zero attached hydrogens (tertiary/aromatic N) is 2. The first-order valence-corrected chi connectivity index (χ1v) is 10.8. The van der Waals surface area contributed by atoms with Crippen LogP contribution in [0.25, 0.3) is 55.3 Å². The Morgan fingerprint density at radius 1 is 0.457 bits per heavy atom. The fraction of sp³-hybridized carbons (Fsp3) is 0. The van der Waals surface area contributed by atoms with Crippen LogP contribution in [0.4, 0.5) is 0 Å². The van der Waals surface area contributed by atoms with Crippen molar-refractivity contribution in [1.82, 2.24) is 9.97 Å². The van der Waals surface area contributed by atoms with E-state index in [4.69, 9.17) is 9.97 Å². The molecule has 4 aromatic carbocycles. The maximum absolute atomic E-state index is 5.27. The van der Waals surface area contributed by atoms with Crippen molar-refractivity contribution in [3.05, 3.63) is 121 Å². The van der Waals surface area contributed by atoms with E-state index in [1.165, 1.54) is 11.1 Å². The summed E-state index contributed by atoms with van der Waals surface area (Å²) in [6, 6.07) is 40.0. The van der Waals surface area contributed by atoms with Gasteiger partial charge >= 0.3 is 19.5 Å². The molecule has 0 aliphatic heterocycles. The Morgan fingerprint density at radius 3 is 1.60 bits per heavy atom. The number of pyridine rings is 2. The molecule has 172 valence electrons. The molecule has 0 aliphatic rings. The number of aromatic nitrogens is 2. The molecule has 6 rings (SSSR count). The van der Waals surface area contributed by atoms with E-state index in [1.54, 1.807) is 0 Å². The normalized spacial score (nSPS) is 10.2. The van der Waals surface area contributed by atoms with Gasteiger partial charge in [-0.15, -0.1) is 0 Å². The summed E-state index contributed by atoms with van der Waals surface area (Å²) in [6.07, 6.45) is 1.85. The minimum atomic E-state index is 0. The minimum Gasteiger partial charge on any atom is -1.00 e. The molecular weight excluding hydrogens is 560 g/mol. The van der Waals surface area contributed by atoms with Crippen molar-refractivity contribution in [2.24, 2.45) is 0 Å². The number of halogens is 2. The first-order chi connectivity index (χ1) is 15.9. The molecule has 2 nitrogen and oxygen atoms in total. The van der Waals surface area contributed by atoms with Gasteiger partial charge in [0.15, 0.2) is 0 Å². The van der Waals surface area contributed by atoms with Crippen LogP contribution < -0.4 is 24.8 Å². The Labute approximate surface area is 230 Å². The van der Waals surface area contributed by atoms with E-state index in [2.05, 4.69) is 103 Å². The molecule has 6 aromatic rings. The van der Waals surface area contributed by atoms with Crippen molar-refractivity contribution in [2.45, 2.75) is 0 Å². The van der Waals surface area contributed by atoms with Crippen LogP contribution in [-0.2, 0) is 19.5 Å². The summed E-state index contributed by atoms with van der Waals surface area (Å²) in [7, 11) is 0. The Kier molecular flexibility index (Phi) is 8.75. The summed E-state index contributed by atoms with van der Waals surface area (Å²) in [4.78, 5) is 9.99. The summed E-state index contributed by atoms with van der Waals surface area (Å²) in [5.74, 6) is 0. The molecule has 0 fully saturated rings. The number of hydrogen-bond donors (Lipinski definition) is 0. The van der Waals surface area contributed by atoms with E-state index in [0.29, 0.717) is 0 Å². The Morgan fingerprint density at radius 2 is 1.00 bits per heavy atom. The van der Waals surface area contributed by atoms with Crippen LogP contribution in [-0.4, -0.2) is 9.97 Å². The van der Waals surface area contributed by atoms with E-state index >= 15 is 0 Å². The van der Waals surface area contributed by atoms with Crippen LogP contribution in [0.15, 0.2) is 121 Å². The van der Waals surface area contributed by atoms with Crippen LogP contribution in [0, 0.1) is 0 Å². The van der Waals surface area contributed by atoms with Crippen molar-refractivity contribution in [3.8, 4) is 33.5 Å². The predicted octanol–water partition coefficient (Wildman–Crippen LogP) is 1.79. The van der Waals surface area contributed by atoms with E-state index in [1.807, 2.05) is 18.3 Å². The van der Waals surface area contributed by atoms with E-state index in [9.17, 15) is 0 Å². The van der Waals surface area contributed by atoms with Gasteiger partial charge in [0.1, 0.15) is 0 Å². The Bertz CT molecular complexity index is 1560. The second-order valence-corrected chi connectivity index (χ2v) is 7.85. The molecule has 35 heavy (non-hydrogen) atoms. The summed E-state index contributed by atoms with van der Waals surface area (Å²) < 4.78 is 0. The number of fused-ring (bicyclic) bond motifs is 3. The number of hydrogen-bond acceptors (Lipinski definition) is 2. The van der Waals surface area contributed by atoms with Crippen LogP contribution in [0.3, 0.4) is 0 Å². The van der Waals surface area contributed by atoms with E-state index in [-0.39, 0.29) is 44.3 Å². The zero-order chi connectivity index (χ0) is 21.3. The SMILES string of the molecule is [Cl-].[Cl-].[Ru+2].c1ccc(-c2nc3c(ccc4cccnc43)c(-c3ccccc3)c2-c2ccccc2)cc1. The molecule has 2 aromatic heterocycles. The zero-order valence-corrected chi connectivity index (χ0v) is 21.8. The van der Waals surface area contributed by atoms with Gasteiger partial charge in [-0.25, -0.2) is 4.98 Å². The molecule has 0 saturated heterocycles. The maximum atomic E-state index is 5.27. The van der Waals surface area contributed by atoms with Crippen LogP contribution in [0.5, 0.6) is 0 Å². The van der Waals surface area contributed by atoms with Gasteiger partial charge in [-0.1, -0.05) is 109 Å². The van der Waals surface area contributed by atoms with Gasteiger partial charge in [-0.05, 0) is 17.2 Å². The molecule has 0 bridgehead atoms. The summed E-state index contributed by atoms with van der Waals surface area (Å²) >= 11 is 0. The average Bonchev–Trinajstić information content (AvgIpc) is 2.89. The molecule has 0 spiro atoms. The van der Waals surface area contributed by atoms with Crippen LogP contribution in [0.1, 0.15) is 0 Å². The molecule has 0 radical (unpaired) electrons. The smallest absolute Gasteiger partial charge is 1.00 e. The van der Waals surface area contributed by atoms with Gasteiger partial charge in [0.05, 0.1) is 16.7 Å². The third-order valence-corrected chi connectivity index (χ3v) is 5.90. The van der Waals surface area contributed by atoms with Gasteiger partial charge in [0.25, 0.3) is 0 Å². The van der Waals surface area contributed by atoms with Crippen LogP contribution in [0.2, 0.25) is 0 Å². The Hall–Kier alpha value is -3.10. The quantitative estimate of drug-likeness (QED) is 0.236. The molecule has 0 atom stereocenters. The van der Waals surface area contributed by atoms with Gasteiger partial charge in [0.2, 0.25) is 0 Å². The first-order valence-electron chi connectivity index (χ1n) is 10.8. The Balaban J connectivity index is 0.00000114. The first kappa shape index (κ1) is 26.5. The molecule has 0 amide bonds. The van der Waals surface area contributed by atoms with Gasteiger partial charge in [0, 0.05) is 33.7 Å². The fourth-order valence-corrected chi connectivity index (χ4v) is 4.46. The zero-order valence-electron chi connectivity index (χ0n) is 18.6. The molecule has 5 heteroatoms. The fourth-order valence-electron chi connectivity index (χ4n) is 4.46. The average molecular weight is 580 g/mol. The minimum absolute atomic E-state index is 0. The number of benzene rings is 4. The van der Waals surface area contributed by atoms with Crippen molar-refractivity contribution < 1.29 is 44.3 Å². The molecular formula is C30H20Cl2N2Ru. The molecule has 2 heterocycles.